The predicted octanol–water partition coefficient (Wildman–Crippen LogP) is 4.78. The van der Waals surface area contributed by atoms with Crippen molar-refractivity contribution in [2.75, 3.05) is 5.32 Å². The molecule has 1 N–H and O–H groups in total. The van der Waals surface area contributed by atoms with Gasteiger partial charge < -0.3 is 10.1 Å². The molecule has 4 rings (SSSR count). The Morgan fingerprint density at radius 1 is 0.935 bits per heavy atom. The smallest absolute Gasteiger partial charge is 0.344 e. The highest BCUT2D eigenvalue weighted by molar-refractivity contribution is 5.98. The third-order valence-corrected chi connectivity index (χ3v) is 4.70. The van der Waals surface area contributed by atoms with Crippen LogP contribution in [0.5, 0.6) is 5.75 Å². The van der Waals surface area contributed by atoms with Gasteiger partial charge in [-0.05, 0) is 53.1 Å². The summed E-state index contributed by atoms with van der Waals surface area (Å²) in [4.78, 5) is 24.0. The third-order valence-electron chi connectivity index (χ3n) is 4.70. The summed E-state index contributed by atoms with van der Waals surface area (Å²) in [6.07, 6.45) is 3.67. The molecule has 0 unspecified atom stereocenters. The van der Waals surface area contributed by atoms with Crippen molar-refractivity contribution in [1.82, 2.24) is 9.78 Å². The second-order valence-electron chi connectivity index (χ2n) is 7.04. The molecule has 0 atom stereocenters. The number of nitrogens with zero attached hydrogens (tertiary/aromatic N) is 2. The quantitative estimate of drug-likeness (QED) is 0.366. The first kappa shape index (κ1) is 20.1. The zero-order chi connectivity index (χ0) is 21.6. The Morgan fingerprint density at radius 2 is 1.68 bits per heavy atom. The van der Waals surface area contributed by atoms with Crippen molar-refractivity contribution in [2.24, 2.45) is 0 Å². The lowest BCUT2D eigenvalue weighted by Crippen LogP contribution is -2.10. The highest BCUT2D eigenvalue weighted by Gasteiger charge is 2.15. The van der Waals surface area contributed by atoms with Crippen LogP contribution in [0.1, 0.15) is 22.8 Å². The molecule has 0 bridgehead atoms. The molecule has 0 saturated carbocycles. The number of benzene rings is 3. The maximum atomic E-state index is 12.8. The first-order valence-corrected chi connectivity index (χ1v) is 9.84. The molecule has 0 aliphatic carbocycles. The Kier molecular flexibility index (Phi) is 5.89. The molecular weight excluding hydrogens is 390 g/mol. The van der Waals surface area contributed by atoms with Crippen LogP contribution in [0.4, 0.5) is 5.69 Å². The fourth-order valence-electron chi connectivity index (χ4n) is 3.26. The number of rotatable bonds is 6. The molecule has 0 fully saturated rings. The van der Waals surface area contributed by atoms with Crippen molar-refractivity contribution in [1.29, 1.82) is 0 Å². The number of hydrogen-bond acceptors (Lipinski definition) is 4. The summed E-state index contributed by atoms with van der Waals surface area (Å²) in [5.41, 5.74) is 3.97. The van der Waals surface area contributed by atoms with Crippen LogP contribution in [0.3, 0.4) is 0 Å². The van der Waals surface area contributed by atoms with Crippen LogP contribution in [0, 0.1) is 0 Å². The summed E-state index contributed by atoms with van der Waals surface area (Å²) in [6, 6.07) is 24.0. The number of carbonyl (C=O) groups is 2. The van der Waals surface area contributed by atoms with E-state index in [9.17, 15) is 9.59 Å². The molecule has 0 radical (unpaired) electrons. The summed E-state index contributed by atoms with van der Waals surface area (Å²) in [7, 11) is 0. The van der Waals surface area contributed by atoms with Gasteiger partial charge in [-0.2, -0.15) is 5.10 Å². The highest BCUT2D eigenvalue weighted by atomic mass is 16.5. The van der Waals surface area contributed by atoms with Gasteiger partial charge in [0.15, 0.2) is 0 Å². The molecule has 1 amide bonds. The van der Waals surface area contributed by atoms with E-state index in [1.807, 2.05) is 59.4 Å². The second kappa shape index (κ2) is 9.09. The molecule has 4 aromatic rings. The zero-order valence-corrected chi connectivity index (χ0v) is 17.0. The Balaban J connectivity index is 1.51. The van der Waals surface area contributed by atoms with Crippen molar-refractivity contribution in [3.8, 4) is 16.9 Å². The van der Waals surface area contributed by atoms with E-state index in [4.69, 9.17) is 4.74 Å². The van der Waals surface area contributed by atoms with Crippen molar-refractivity contribution in [2.45, 2.75) is 13.5 Å². The maximum Gasteiger partial charge on any atom is 0.344 e. The Morgan fingerprint density at radius 3 is 2.35 bits per heavy atom. The molecule has 6 heteroatoms. The molecule has 0 aliphatic rings. The minimum Gasteiger partial charge on any atom is -0.423 e. The molecule has 0 spiro atoms. The number of carbonyl (C=O) groups excluding carboxylic acids is 2. The van der Waals surface area contributed by atoms with Crippen molar-refractivity contribution in [3.05, 3.63) is 102 Å². The molecule has 0 aliphatic heterocycles. The fourth-order valence-corrected chi connectivity index (χ4v) is 3.26. The molecule has 154 valence electrons. The first-order valence-electron chi connectivity index (χ1n) is 9.84. The van der Waals surface area contributed by atoms with Gasteiger partial charge in [-0.1, -0.05) is 42.5 Å². The van der Waals surface area contributed by atoms with Crippen molar-refractivity contribution in [3.63, 3.8) is 0 Å². The average molecular weight is 411 g/mol. The summed E-state index contributed by atoms with van der Waals surface area (Å²) in [6.45, 7) is 2.13. The van der Waals surface area contributed by atoms with Gasteiger partial charge in [0.05, 0.1) is 12.1 Å². The predicted molar refractivity (Wildman–Crippen MR) is 119 cm³/mol. The van der Waals surface area contributed by atoms with Crippen LogP contribution in [-0.4, -0.2) is 21.7 Å². The second-order valence-corrected chi connectivity index (χ2v) is 7.04. The Hall–Kier alpha value is -4.19. The standard InChI is InChI=1S/C25H21N3O3/c1-18(29)27-21-11-13-22(14-12-21)31-25(30)24-6-3-2-5-23(24)20-9-7-19(8-10-20)17-28-16-4-15-26-28/h2-16H,17H2,1H3,(H,27,29). The van der Waals surface area contributed by atoms with Gasteiger partial charge in [-0.25, -0.2) is 4.79 Å². The Labute approximate surface area is 180 Å². The topological polar surface area (TPSA) is 73.2 Å². The van der Waals surface area contributed by atoms with Gasteiger partial charge in [0.1, 0.15) is 5.75 Å². The lowest BCUT2D eigenvalue weighted by molar-refractivity contribution is -0.114. The fraction of sp³-hybridized carbons (Fsp3) is 0.0800. The zero-order valence-electron chi connectivity index (χ0n) is 17.0. The molecule has 0 saturated heterocycles. The van der Waals surface area contributed by atoms with Crippen LogP contribution >= 0.6 is 0 Å². The van der Waals surface area contributed by atoms with Crippen LogP contribution in [0.2, 0.25) is 0 Å². The number of aromatic nitrogens is 2. The lowest BCUT2D eigenvalue weighted by atomic mass is 9.98. The molecule has 1 heterocycles. The summed E-state index contributed by atoms with van der Waals surface area (Å²) in [5, 5.41) is 6.90. The van der Waals surface area contributed by atoms with Gasteiger partial charge >= 0.3 is 5.97 Å². The molecule has 3 aromatic carbocycles. The lowest BCUT2D eigenvalue weighted by Gasteiger charge is -2.11. The number of hydrogen-bond donors (Lipinski definition) is 1. The van der Waals surface area contributed by atoms with E-state index in [1.54, 1.807) is 36.5 Å². The SMILES string of the molecule is CC(=O)Nc1ccc(OC(=O)c2ccccc2-c2ccc(Cn3cccn3)cc2)cc1. The van der Waals surface area contributed by atoms with Crippen LogP contribution in [0.15, 0.2) is 91.3 Å². The minimum absolute atomic E-state index is 0.158. The third kappa shape index (κ3) is 5.05. The Bertz CT molecular complexity index is 1180. The number of esters is 1. The van der Waals surface area contributed by atoms with Gasteiger partial charge in [0, 0.05) is 25.0 Å². The molecular formula is C25H21N3O3. The number of nitrogens with one attached hydrogen (secondary N) is 1. The van der Waals surface area contributed by atoms with Gasteiger partial charge in [0.2, 0.25) is 5.91 Å². The van der Waals surface area contributed by atoms with E-state index in [0.717, 1.165) is 16.7 Å². The van der Waals surface area contributed by atoms with E-state index in [0.29, 0.717) is 23.5 Å². The molecule has 6 nitrogen and oxygen atoms in total. The number of amides is 1. The van der Waals surface area contributed by atoms with Crippen molar-refractivity contribution < 1.29 is 14.3 Å². The number of ether oxygens (including phenoxy) is 1. The van der Waals surface area contributed by atoms with Crippen LogP contribution < -0.4 is 10.1 Å². The van der Waals surface area contributed by atoms with Crippen molar-refractivity contribution >= 4 is 17.6 Å². The summed E-state index contributed by atoms with van der Waals surface area (Å²) >= 11 is 0. The highest BCUT2D eigenvalue weighted by Crippen LogP contribution is 2.26. The van der Waals surface area contributed by atoms with Gasteiger partial charge in [0.25, 0.3) is 0 Å². The summed E-state index contributed by atoms with van der Waals surface area (Å²) in [5.74, 6) is -0.193. The number of anilines is 1. The van der Waals surface area contributed by atoms with Gasteiger partial charge in [-0.3, -0.25) is 9.48 Å². The largest absolute Gasteiger partial charge is 0.423 e. The van der Waals surface area contributed by atoms with Gasteiger partial charge in [-0.15, -0.1) is 0 Å². The maximum absolute atomic E-state index is 12.8. The minimum atomic E-state index is -0.441. The molecule has 1 aromatic heterocycles. The van der Waals surface area contributed by atoms with E-state index < -0.39 is 5.97 Å². The van der Waals surface area contributed by atoms with E-state index >= 15 is 0 Å². The van der Waals surface area contributed by atoms with Crippen LogP contribution in [0.25, 0.3) is 11.1 Å². The van der Waals surface area contributed by atoms with E-state index in [2.05, 4.69) is 10.4 Å². The first-order chi connectivity index (χ1) is 15.1. The van der Waals surface area contributed by atoms with E-state index in [1.165, 1.54) is 6.92 Å². The summed E-state index contributed by atoms with van der Waals surface area (Å²) < 4.78 is 7.41. The van der Waals surface area contributed by atoms with Crippen LogP contribution in [-0.2, 0) is 11.3 Å². The normalized spacial score (nSPS) is 10.5. The van der Waals surface area contributed by atoms with E-state index in [-0.39, 0.29) is 5.91 Å². The average Bonchev–Trinajstić information content (AvgIpc) is 3.28. The monoisotopic (exact) mass is 411 g/mol. The molecule has 31 heavy (non-hydrogen) atoms.